The fourth-order valence-corrected chi connectivity index (χ4v) is 3.29. The minimum Gasteiger partial charge on any atom is -0.316 e. The van der Waals surface area contributed by atoms with Gasteiger partial charge in [-0.25, -0.2) is 0 Å². The van der Waals surface area contributed by atoms with Crippen LogP contribution in [0.25, 0.3) is 0 Å². The predicted octanol–water partition coefficient (Wildman–Crippen LogP) is 1.21. The second kappa shape index (κ2) is 2.84. The van der Waals surface area contributed by atoms with Gasteiger partial charge in [-0.15, -0.1) is 0 Å². The molecule has 0 saturated heterocycles. The van der Waals surface area contributed by atoms with Crippen molar-refractivity contribution in [2.45, 2.75) is 32.2 Å². The predicted molar refractivity (Wildman–Crippen MR) is 47.8 cm³/mol. The van der Waals surface area contributed by atoms with E-state index in [4.69, 9.17) is 0 Å². The van der Waals surface area contributed by atoms with Gasteiger partial charge in [-0.1, -0.05) is 0 Å². The van der Waals surface area contributed by atoms with Gasteiger partial charge in [-0.05, 0) is 45.1 Å². The Kier molecular flexibility index (Phi) is 1.95. The molecule has 0 amide bonds. The topological polar surface area (TPSA) is 29.1 Å². The van der Waals surface area contributed by atoms with Gasteiger partial charge >= 0.3 is 0 Å². The average molecular weight is 167 g/mol. The van der Waals surface area contributed by atoms with Gasteiger partial charge in [0.1, 0.15) is 5.78 Å². The molecule has 2 fully saturated rings. The van der Waals surface area contributed by atoms with E-state index < -0.39 is 0 Å². The monoisotopic (exact) mass is 167 g/mol. The van der Waals surface area contributed by atoms with E-state index in [1.807, 2.05) is 7.05 Å². The zero-order valence-electron chi connectivity index (χ0n) is 7.84. The van der Waals surface area contributed by atoms with Crippen LogP contribution >= 0.6 is 0 Å². The first-order valence-corrected chi connectivity index (χ1v) is 4.91. The van der Waals surface area contributed by atoms with E-state index in [0.29, 0.717) is 23.7 Å². The Morgan fingerprint density at radius 2 is 2.00 bits per heavy atom. The number of ketones is 1. The lowest BCUT2D eigenvalue weighted by molar-refractivity contribution is -0.122. The highest BCUT2D eigenvalue weighted by Gasteiger charge is 2.48. The molecule has 2 saturated carbocycles. The van der Waals surface area contributed by atoms with Gasteiger partial charge in [-0.2, -0.15) is 0 Å². The second-order valence-electron chi connectivity index (χ2n) is 4.28. The Balaban J connectivity index is 2.16. The van der Waals surface area contributed by atoms with Crippen molar-refractivity contribution in [1.82, 2.24) is 5.32 Å². The van der Waals surface area contributed by atoms with Crippen molar-refractivity contribution in [2.24, 2.45) is 17.8 Å². The van der Waals surface area contributed by atoms with Gasteiger partial charge in [-0.3, -0.25) is 4.79 Å². The molecule has 2 heteroatoms. The summed E-state index contributed by atoms with van der Waals surface area (Å²) in [5.74, 6) is 2.20. The van der Waals surface area contributed by atoms with E-state index >= 15 is 0 Å². The van der Waals surface area contributed by atoms with Crippen molar-refractivity contribution in [3.8, 4) is 0 Å². The van der Waals surface area contributed by atoms with Gasteiger partial charge in [0.25, 0.3) is 0 Å². The first-order chi connectivity index (χ1) is 5.74. The third-order valence-corrected chi connectivity index (χ3v) is 3.72. The van der Waals surface area contributed by atoms with Crippen LogP contribution in [0.5, 0.6) is 0 Å². The Morgan fingerprint density at radius 1 is 1.33 bits per heavy atom. The van der Waals surface area contributed by atoms with Crippen LogP contribution in [0.15, 0.2) is 0 Å². The second-order valence-corrected chi connectivity index (χ2v) is 4.28. The van der Waals surface area contributed by atoms with Gasteiger partial charge in [0.05, 0.1) is 0 Å². The number of carbonyl (C=O) groups excluding carboxylic acids is 1. The van der Waals surface area contributed by atoms with Crippen molar-refractivity contribution in [2.75, 3.05) is 7.05 Å². The molecule has 0 aromatic rings. The van der Waals surface area contributed by atoms with Crippen LogP contribution in [0.3, 0.4) is 0 Å². The molecule has 68 valence electrons. The summed E-state index contributed by atoms with van der Waals surface area (Å²) in [6.07, 6.45) is 3.91. The summed E-state index contributed by atoms with van der Waals surface area (Å²) in [6.45, 7) is 1.75. The normalized spacial score (nSPS) is 45.2. The molecule has 2 aliphatic carbocycles. The van der Waals surface area contributed by atoms with Crippen LogP contribution in [0.2, 0.25) is 0 Å². The SMILES string of the molecule is CNC1C2CCC(C2)C1C(C)=O. The van der Waals surface area contributed by atoms with Crippen LogP contribution in [0, 0.1) is 17.8 Å². The van der Waals surface area contributed by atoms with E-state index in [1.54, 1.807) is 6.92 Å². The zero-order chi connectivity index (χ0) is 8.72. The van der Waals surface area contributed by atoms with Gasteiger partial charge in [0.2, 0.25) is 0 Å². The summed E-state index contributed by atoms with van der Waals surface area (Å²) >= 11 is 0. The molecule has 0 aromatic carbocycles. The summed E-state index contributed by atoms with van der Waals surface area (Å²) < 4.78 is 0. The van der Waals surface area contributed by atoms with Crippen LogP contribution in [-0.2, 0) is 4.79 Å². The van der Waals surface area contributed by atoms with Gasteiger partial charge < -0.3 is 5.32 Å². The van der Waals surface area contributed by atoms with E-state index in [-0.39, 0.29) is 0 Å². The molecule has 0 aliphatic heterocycles. The molecular weight excluding hydrogens is 150 g/mol. The average Bonchev–Trinajstić information content (AvgIpc) is 2.60. The molecule has 0 heterocycles. The maximum atomic E-state index is 11.4. The number of hydrogen-bond acceptors (Lipinski definition) is 2. The standard InChI is InChI=1S/C10H17NO/c1-6(12)9-7-3-4-8(5-7)10(9)11-2/h7-11H,3-5H2,1-2H3. The van der Waals surface area contributed by atoms with Crippen LogP contribution < -0.4 is 5.32 Å². The van der Waals surface area contributed by atoms with Crippen LogP contribution in [0.4, 0.5) is 0 Å². The van der Waals surface area contributed by atoms with E-state index in [2.05, 4.69) is 5.32 Å². The molecule has 4 atom stereocenters. The summed E-state index contributed by atoms with van der Waals surface area (Å²) in [6, 6.07) is 0.487. The lowest BCUT2D eigenvalue weighted by Crippen LogP contribution is -2.41. The smallest absolute Gasteiger partial charge is 0.134 e. The fourth-order valence-electron chi connectivity index (χ4n) is 3.29. The lowest BCUT2D eigenvalue weighted by Gasteiger charge is -2.28. The summed E-state index contributed by atoms with van der Waals surface area (Å²) in [5, 5.41) is 3.31. The quantitative estimate of drug-likeness (QED) is 0.669. The first-order valence-electron chi connectivity index (χ1n) is 4.91. The van der Waals surface area contributed by atoms with Crippen molar-refractivity contribution >= 4 is 5.78 Å². The minimum absolute atomic E-state index is 0.328. The van der Waals surface area contributed by atoms with E-state index in [9.17, 15) is 4.79 Å². The molecular formula is C10H17NO. The summed E-state index contributed by atoms with van der Waals surface area (Å²) in [4.78, 5) is 11.4. The number of Topliss-reactive ketones (excluding diaryl/α,β-unsaturated/α-hetero) is 1. The van der Waals surface area contributed by atoms with Gasteiger partial charge in [0, 0.05) is 12.0 Å². The number of carbonyl (C=O) groups is 1. The molecule has 0 radical (unpaired) electrons. The Bertz CT molecular complexity index is 202. The molecule has 0 aromatic heterocycles. The molecule has 2 bridgehead atoms. The largest absolute Gasteiger partial charge is 0.316 e. The van der Waals surface area contributed by atoms with E-state index in [0.717, 1.165) is 5.92 Å². The molecule has 4 unspecified atom stereocenters. The third-order valence-electron chi connectivity index (χ3n) is 3.72. The van der Waals surface area contributed by atoms with Gasteiger partial charge in [0.15, 0.2) is 0 Å². The maximum absolute atomic E-state index is 11.4. The maximum Gasteiger partial charge on any atom is 0.134 e. The van der Waals surface area contributed by atoms with Crippen molar-refractivity contribution in [3.05, 3.63) is 0 Å². The lowest BCUT2D eigenvalue weighted by atomic mass is 9.82. The summed E-state index contributed by atoms with van der Waals surface area (Å²) in [7, 11) is 1.99. The Morgan fingerprint density at radius 3 is 2.50 bits per heavy atom. The zero-order valence-corrected chi connectivity index (χ0v) is 7.84. The Hall–Kier alpha value is -0.370. The van der Waals surface area contributed by atoms with Crippen molar-refractivity contribution in [1.29, 1.82) is 0 Å². The van der Waals surface area contributed by atoms with Crippen molar-refractivity contribution < 1.29 is 4.79 Å². The number of nitrogens with one attached hydrogen (secondary N) is 1. The molecule has 0 spiro atoms. The highest BCUT2D eigenvalue weighted by Crippen LogP contribution is 2.48. The molecule has 2 rings (SSSR count). The van der Waals surface area contributed by atoms with Crippen LogP contribution in [0.1, 0.15) is 26.2 Å². The first kappa shape index (κ1) is 8.24. The highest BCUT2D eigenvalue weighted by atomic mass is 16.1. The molecule has 12 heavy (non-hydrogen) atoms. The number of hydrogen-bond donors (Lipinski definition) is 1. The third kappa shape index (κ3) is 1.01. The number of fused-ring (bicyclic) bond motifs is 2. The molecule has 1 N–H and O–H groups in total. The van der Waals surface area contributed by atoms with Crippen LogP contribution in [-0.4, -0.2) is 18.9 Å². The number of rotatable bonds is 2. The molecule has 2 nitrogen and oxygen atoms in total. The Labute approximate surface area is 73.7 Å². The fraction of sp³-hybridized carbons (Fsp3) is 0.900. The highest BCUT2D eigenvalue weighted by molar-refractivity contribution is 5.80. The summed E-state index contributed by atoms with van der Waals surface area (Å²) in [5.41, 5.74) is 0. The van der Waals surface area contributed by atoms with Crippen molar-refractivity contribution in [3.63, 3.8) is 0 Å². The van der Waals surface area contributed by atoms with E-state index in [1.165, 1.54) is 19.3 Å². The minimum atomic E-state index is 0.328. The molecule has 2 aliphatic rings.